The highest BCUT2D eigenvalue weighted by molar-refractivity contribution is 5.79. The van der Waals surface area contributed by atoms with Gasteiger partial charge in [-0.25, -0.2) is 0 Å². The highest BCUT2D eigenvalue weighted by atomic mass is 16.5. The number of hydrogen-bond acceptors (Lipinski definition) is 4. The fourth-order valence-corrected chi connectivity index (χ4v) is 3.61. The Labute approximate surface area is 130 Å². The molecule has 2 heterocycles. The molecule has 1 amide bonds. The molecule has 3 fully saturated rings. The van der Waals surface area contributed by atoms with E-state index in [-0.39, 0.29) is 23.8 Å². The minimum Gasteiger partial charge on any atom is -0.481 e. The summed E-state index contributed by atoms with van der Waals surface area (Å²) >= 11 is 0. The lowest BCUT2D eigenvalue weighted by atomic mass is 9.92. The van der Waals surface area contributed by atoms with E-state index >= 15 is 0 Å². The predicted molar refractivity (Wildman–Crippen MR) is 78.3 cm³/mol. The van der Waals surface area contributed by atoms with E-state index in [0.717, 1.165) is 38.9 Å². The van der Waals surface area contributed by atoms with Gasteiger partial charge in [0.25, 0.3) is 0 Å². The van der Waals surface area contributed by atoms with Crippen LogP contribution in [0.5, 0.6) is 0 Å². The maximum atomic E-state index is 12.3. The Morgan fingerprint density at radius 1 is 1.14 bits per heavy atom. The number of carbonyl (C=O) groups excluding carboxylic acids is 1. The van der Waals surface area contributed by atoms with Crippen LogP contribution in [0.25, 0.3) is 0 Å². The number of rotatable bonds is 6. The van der Waals surface area contributed by atoms with E-state index in [0.29, 0.717) is 32.0 Å². The number of carboxylic acid groups (broad SMARTS) is 1. The molecule has 6 heteroatoms. The molecule has 0 spiro atoms. The topological polar surface area (TPSA) is 76.1 Å². The Morgan fingerprint density at radius 2 is 1.86 bits per heavy atom. The third-order valence-corrected chi connectivity index (χ3v) is 5.10. The molecule has 0 aromatic carbocycles. The quantitative estimate of drug-likeness (QED) is 0.796. The average molecular weight is 311 g/mol. The molecule has 2 saturated heterocycles. The smallest absolute Gasteiger partial charge is 0.308 e. The number of carbonyl (C=O) groups is 2. The molecule has 2 aliphatic heterocycles. The van der Waals surface area contributed by atoms with Crippen LogP contribution in [-0.2, 0) is 19.1 Å². The van der Waals surface area contributed by atoms with Crippen molar-refractivity contribution in [2.24, 2.45) is 17.8 Å². The van der Waals surface area contributed by atoms with Gasteiger partial charge in [-0.1, -0.05) is 0 Å². The van der Waals surface area contributed by atoms with Crippen LogP contribution in [0.2, 0.25) is 0 Å². The van der Waals surface area contributed by atoms with E-state index in [1.807, 2.05) is 0 Å². The minimum absolute atomic E-state index is 0.0291. The number of aliphatic carboxylic acids is 1. The first-order chi connectivity index (χ1) is 10.6. The lowest BCUT2D eigenvalue weighted by Gasteiger charge is -2.23. The molecule has 0 aromatic rings. The maximum Gasteiger partial charge on any atom is 0.308 e. The lowest BCUT2D eigenvalue weighted by molar-refractivity contribution is -0.142. The third kappa shape index (κ3) is 3.79. The summed E-state index contributed by atoms with van der Waals surface area (Å²) in [4.78, 5) is 25.4. The zero-order chi connectivity index (χ0) is 15.5. The molecular weight excluding hydrogens is 286 g/mol. The van der Waals surface area contributed by atoms with Gasteiger partial charge in [-0.2, -0.15) is 0 Å². The van der Waals surface area contributed by atoms with Gasteiger partial charge in [0.05, 0.1) is 25.0 Å². The summed E-state index contributed by atoms with van der Waals surface area (Å²) in [5.41, 5.74) is 0. The number of hydrogen-bond donors (Lipinski definition) is 1. The zero-order valence-corrected chi connectivity index (χ0v) is 12.9. The van der Waals surface area contributed by atoms with Crippen LogP contribution in [0.4, 0.5) is 0 Å². The fourth-order valence-electron chi connectivity index (χ4n) is 3.61. The molecule has 1 aliphatic carbocycles. The van der Waals surface area contributed by atoms with Crippen molar-refractivity contribution in [3.8, 4) is 0 Å². The number of nitrogens with zero attached hydrogens (tertiary/aromatic N) is 1. The number of amides is 1. The summed E-state index contributed by atoms with van der Waals surface area (Å²) in [6.07, 6.45) is 4.56. The first-order valence-electron chi connectivity index (χ1n) is 8.35. The number of carboxylic acids is 1. The molecular formula is C16H25NO5. The molecule has 2 atom stereocenters. The Hall–Kier alpha value is -1.14. The molecule has 3 aliphatic rings. The van der Waals surface area contributed by atoms with Gasteiger partial charge < -0.3 is 19.5 Å². The number of ether oxygens (including phenoxy) is 2. The summed E-state index contributed by atoms with van der Waals surface area (Å²) in [5, 5.41) is 9.33. The molecule has 1 N–H and O–H groups in total. The van der Waals surface area contributed by atoms with E-state index in [2.05, 4.69) is 0 Å². The van der Waals surface area contributed by atoms with Crippen molar-refractivity contribution in [1.29, 1.82) is 0 Å². The molecule has 0 aromatic heterocycles. The van der Waals surface area contributed by atoms with Gasteiger partial charge in [0.1, 0.15) is 0 Å². The van der Waals surface area contributed by atoms with Crippen LogP contribution >= 0.6 is 0 Å². The van der Waals surface area contributed by atoms with E-state index in [9.17, 15) is 14.7 Å². The monoisotopic (exact) mass is 311 g/mol. The lowest BCUT2D eigenvalue weighted by Crippen LogP contribution is -2.31. The van der Waals surface area contributed by atoms with Crippen LogP contribution < -0.4 is 0 Å². The molecule has 1 saturated carbocycles. The van der Waals surface area contributed by atoms with Crippen molar-refractivity contribution in [3.05, 3.63) is 0 Å². The maximum absolute atomic E-state index is 12.3. The Morgan fingerprint density at radius 3 is 2.50 bits per heavy atom. The van der Waals surface area contributed by atoms with Crippen LogP contribution in [0, 0.1) is 17.8 Å². The van der Waals surface area contributed by atoms with Gasteiger partial charge in [-0.15, -0.1) is 0 Å². The van der Waals surface area contributed by atoms with Gasteiger partial charge in [0.2, 0.25) is 5.91 Å². The van der Waals surface area contributed by atoms with Gasteiger partial charge in [0, 0.05) is 26.3 Å². The second-order valence-electron chi connectivity index (χ2n) is 6.68. The van der Waals surface area contributed by atoms with Crippen LogP contribution in [0.1, 0.15) is 32.1 Å². The molecule has 0 radical (unpaired) electrons. The van der Waals surface area contributed by atoms with Crippen molar-refractivity contribution in [2.75, 3.05) is 32.9 Å². The number of likely N-dealkylation sites (tertiary alicyclic amines) is 1. The largest absolute Gasteiger partial charge is 0.481 e. The minimum atomic E-state index is -0.759. The Bertz CT molecular complexity index is 417. The standard InChI is InChI=1S/C16H25NO5/c18-15(5-8-22-12-3-6-21-7-4-12)17-9-13(11-1-2-11)14(10-17)16(19)20/h11-14H,1-10H2,(H,19,20)/t13-,14+/m1/s1. The normalized spacial score (nSPS) is 29.7. The van der Waals surface area contributed by atoms with E-state index in [4.69, 9.17) is 9.47 Å². The molecule has 124 valence electrons. The molecule has 0 unspecified atom stereocenters. The Balaban J connectivity index is 1.43. The van der Waals surface area contributed by atoms with Crippen molar-refractivity contribution >= 4 is 11.9 Å². The van der Waals surface area contributed by atoms with Crippen LogP contribution in [0.3, 0.4) is 0 Å². The zero-order valence-electron chi connectivity index (χ0n) is 12.9. The second kappa shape index (κ2) is 6.96. The molecule has 6 nitrogen and oxygen atoms in total. The Kier molecular flexibility index (Phi) is 4.98. The molecule has 22 heavy (non-hydrogen) atoms. The van der Waals surface area contributed by atoms with Crippen molar-refractivity contribution in [1.82, 2.24) is 4.90 Å². The van der Waals surface area contributed by atoms with Gasteiger partial charge in [0.15, 0.2) is 0 Å². The molecule has 0 bridgehead atoms. The van der Waals surface area contributed by atoms with E-state index in [1.54, 1.807) is 4.90 Å². The highest BCUT2D eigenvalue weighted by Gasteiger charge is 2.46. The first kappa shape index (κ1) is 15.7. The summed E-state index contributed by atoms with van der Waals surface area (Å²) in [5.74, 6) is -0.449. The van der Waals surface area contributed by atoms with Gasteiger partial charge >= 0.3 is 5.97 Å². The van der Waals surface area contributed by atoms with Gasteiger partial charge in [-0.05, 0) is 37.5 Å². The van der Waals surface area contributed by atoms with Crippen LogP contribution in [-0.4, -0.2) is 60.9 Å². The van der Waals surface area contributed by atoms with Crippen molar-refractivity contribution in [3.63, 3.8) is 0 Å². The third-order valence-electron chi connectivity index (χ3n) is 5.10. The summed E-state index contributed by atoms with van der Waals surface area (Å²) in [7, 11) is 0. The van der Waals surface area contributed by atoms with E-state index < -0.39 is 5.97 Å². The van der Waals surface area contributed by atoms with Gasteiger partial charge in [-0.3, -0.25) is 9.59 Å². The SMILES string of the molecule is O=C(O)[C@H]1CN(C(=O)CCOC2CCOCC2)C[C@@H]1C1CC1. The second-order valence-corrected chi connectivity index (χ2v) is 6.68. The summed E-state index contributed by atoms with van der Waals surface area (Å²) < 4.78 is 11.0. The molecule has 3 rings (SSSR count). The summed E-state index contributed by atoms with van der Waals surface area (Å²) in [6, 6.07) is 0. The first-order valence-corrected chi connectivity index (χ1v) is 8.35. The van der Waals surface area contributed by atoms with E-state index in [1.165, 1.54) is 0 Å². The average Bonchev–Trinajstić information content (AvgIpc) is 3.26. The van der Waals surface area contributed by atoms with Crippen LogP contribution in [0.15, 0.2) is 0 Å². The highest BCUT2D eigenvalue weighted by Crippen LogP contribution is 2.44. The van der Waals surface area contributed by atoms with Crippen molar-refractivity contribution < 1.29 is 24.2 Å². The summed E-state index contributed by atoms with van der Waals surface area (Å²) in [6.45, 7) is 2.86. The predicted octanol–water partition coefficient (Wildman–Crippen LogP) is 1.14. The fraction of sp³-hybridized carbons (Fsp3) is 0.875. The van der Waals surface area contributed by atoms with Crippen molar-refractivity contribution in [2.45, 2.75) is 38.2 Å².